The molecule has 2 aromatic carbocycles. The summed E-state index contributed by atoms with van der Waals surface area (Å²) in [6.07, 6.45) is 1.70. The van der Waals surface area contributed by atoms with E-state index in [1.165, 1.54) is 35.0 Å². The zero-order valence-electron chi connectivity index (χ0n) is 17.0. The number of aliphatic imine (C=N–C) groups is 1. The molecule has 3 rings (SSSR count). The Labute approximate surface area is 194 Å². The summed E-state index contributed by atoms with van der Waals surface area (Å²) in [6.45, 7) is 1.91. The van der Waals surface area contributed by atoms with Gasteiger partial charge in [-0.1, -0.05) is 41.7 Å². The molecule has 0 saturated heterocycles. The number of ether oxygens (including phenoxy) is 1. The van der Waals surface area contributed by atoms with Crippen LogP contribution in [0.4, 0.5) is 5.69 Å². The minimum Gasteiger partial charge on any atom is -0.493 e. The van der Waals surface area contributed by atoms with Gasteiger partial charge in [-0.15, -0.1) is 0 Å². The molecule has 8 nitrogen and oxygen atoms in total. The van der Waals surface area contributed by atoms with Crippen molar-refractivity contribution < 1.29 is 23.1 Å². The Morgan fingerprint density at radius 1 is 1.25 bits per heavy atom. The number of aromatic hydroxyl groups is 1. The number of primary sulfonamides is 1. The van der Waals surface area contributed by atoms with Gasteiger partial charge >= 0.3 is 5.97 Å². The van der Waals surface area contributed by atoms with Crippen LogP contribution in [0.2, 0.25) is 0 Å². The average Bonchev–Trinajstić information content (AvgIpc) is 3.04. The van der Waals surface area contributed by atoms with Crippen molar-refractivity contribution in [3.05, 3.63) is 69.0 Å². The number of nitrogens with two attached hydrogens (primary N) is 1. The molecule has 3 N–H and O–H groups in total. The first-order valence-corrected chi connectivity index (χ1v) is 12.3. The van der Waals surface area contributed by atoms with E-state index in [-0.39, 0.29) is 17.4 Å². The zero-order chi connectivity index (χ0) is 23.3. The second-order valence-corrected chi connectivity index (χ2v) is 9.92. The Morgan fingerprint density at radius 2 is 1.91 bits per heavy atom. The number of aromatic nitrogens is 1. The largest absolute Gasteiger partial charge is 0.493 e. The fraction of sp³-hybridized carbons (Fsp3) is 0.190. The number of rotatable bonds is 8. The van der Waals surface area contributed by atoms with Crippen LogP contribution in [0.3, 0.4) is 0 Å². The van der Waals surface area contributed by atoms with Crippen molar-refractivity contribution in [3.63, 3.8) is 0 Å². The van der Waals surface area contributed by atoms with E-state index in [9.17, 15) is 18.3 Å². The van der Waals surface area contributed by atoms with Gasteiger partial charge in [-0.3, -0.25) is 9.56 Å². The van der Waals surface area contributed by atoms with Gasteiger partial charge in [-0.05, 0) is 49.0 Å². The van der Waals surface area contributed by atoms with Gasteiger partial charge in [0.25, 0.3) is 0 Å². The molecule has 1 aromatic heterocycles. The highest BCUT2D eigenvalue weighted by Crippen LogP contribution is 2.31. The van der Waals surface area contributed by atoms with Crippen LogP contribution in [-0.2, 0) is 26.0 Å². The number of carbonyl (C=O) groups is 1. The van der Waals surface area contributed by atoms with Crippen LogP contribution in [0, 0.1) is 3.95 Å². The Morgan fingerprint density at radius 3 is 2.50 bits per heavy atom. The first kappa shape index (κ1) is 23.8. The lowest BCUT2D eigenvalue weighted by atomic mass is 10.1. The monoisotopic (exact) mass is 491 g/mol. The van der Waals surface area contributed by atoms with Crippen molar-refractivity contribution in [2.24, 2.45) is 10.1 Å². The third-order valence-electron chi connectivity index (χ3n) is 4.48. The first-order chi connectivity index (χ1) is 15.2. The van der Waals surface area contributed by atoms with E-state index in [1.807, 2.05) is 30.3 Å². The minimum absolute atomic E-state index is 0.0284. The number of carbonyl (C=O) groups excluding carboxylic acids is 1. The number of sulfonamides is 1. The molecular weight excluding hydrogens is 470 g/mol. The molecule has 11 heteroatoms. The molecule has 0 radical (unpaired) electrons. The SMILES string of the molecule is CCOC(=O)[C@@H](Cc1ccccc1)n1c(O)c(C=Nc2ccc(S(N)(=O)=O)cc2)sc1=S. The summed E-state index contributed by atoms with van der Waals surface area (Å²) in [5.74, 6) is -0.693. The third-order valence-corrected chi connectivity index (χ3v) is 6.74. The summed E-state index contributed by atoms with van der Waals surface area (Å²) in [7, 11) is -3.79. The van der Waals surface area contributed by atoms with Gasteiger partial charge in [0.1, 0.15) is 10.9 Å². The zero-order valence-corrected chi connectivity index (χ0v) is 19.5. The molecular formula is C21H21N3O5S3. The van der Waals surface area contributed by atoms with Gasteiger partial charge in [-0.25, -0.2) is 18.4 Å². The normalized spacial score (nSPS) is 12.7. The summed E-state index contributed by atoms with van der Waals surface area (Å²) in [5.41, 5.74) is 1.34. The Balaban J connectivity index is 1.92. The molecule has 3 aromatic rings. The number of nitrogens with zero attached hydrogens (tertiary/aromatic N) is 2. The van der Waals surface area contributed by atoms with E-state index in [0.29, 0.717) is 20.9 Å². The Hall–Kier alpha value is -2.86. The maximum Gasteiger partial charge on any atom is 0.329 e. The highest BCUT2D eigenvalue weighted by Gasteiger charge is 2.27. The van der Waals surface area contributed by atoms with Crippen molar-refractivity contribution in [3.8, 4) is 5.88 Å². The van der Waals surface area contributed by atoms with Crippen LogP contribution in [0.15, 0.2) is 64.5 Å². The van der Waals surface area contributed by atoms with Gasteiger partial charge < -0.3 is 9.84 Å². The Kier molecular flexibility index (Phi) is 7.56. The number of esters is 1. The molecule has 0 spiro atoms. The molecule has 1 heterocycles. The molecule has 0 bridgehead atoms. The maximum absolute atomic E-state index is 12.7. The van der Waals surface area contributed by atoms with Crippen molar-refractivity contribution >= 4 is 51.4 Å². The van der Waals surface area contributed by atoms with E-state index in [0.717, 1.165) is 16.9 Å². The van der Waals surface area contributed by atoms with Gasteiger partial charge in [0, 0.05) is 6.42 Å². The first-order valence-electron chi connectivity index (χ1n) is 9.52. The van der Waals surface area contributed by atoms with Crippen LogP contribution in [0.5, 0.6) is 5.88 Å². The van der Waals surface area contributed by atoms with Crippen LogP contribution in [0.25, 0.3) is 0 Å². The lowest BCUT2D eigenvalue weighted by molar-refractivity contribution is -0.147. The molecule has 0 aliphatic rings. The highest BCUT2D eigenvalue weighted by atomic mass is 32.2. The molecule has 32 heavy (non-hydrogen) atoms. The predicted octanol–water partition coefficient (Wildman–Crippen LogP) is 3.73. The van der Waals surface area contributed by atoms with E-state index in [1.54, 1.807) is 6.92 Å². The van der Waals surface area contributed by atoms with E-state index in [4.69, 9.17) is 22.1 Å². The summed E-state index contributed by atoms with van der Waals surface area (Å²) in [6, 6.07) is 14.2. The summed E-state index contributed by atoms with van der Waals surface area (Å²) >= 11 is 6.51. The number of hydrogen-bond acceptors (Lipinski definition) is 8. The second-order valence-electron chi connectivity index (χ2n) is 6.68. The Bertz CT molecular complexity index is 1280. The number of benzene rings is 2. The van der Waals surface area contributed by atoms with E-state index < -0.39 is 22.0 Å². The second kappa shape index (κ2) is 10.2. The van der Waals surface area contributed by atoms with E-state index in [2.05, 4.69) is 4.99 Å². The van der Waals surface area contributed by atoms with Crippen molar-refractivity contribution in [1.82, 2.24) is 4.57 Å². The molecule has 1 atom stereocenters. The topological polar surface area (TPSA) is 124 Å². The summed E-state index contributed by atoms with van der Waals surface area (Å²) in [5, 5.41) is 15.9. The maximum atomic E-state index is 12.7. The van der Waals surface area contributed by atoms with Crippen molar-refractivity contribution in [2.45, 2.75) is 24.3 Å². The fourth-order valence-corrected chi connectivity index (χ4v) is 4.76. The van der Waals surface area contributed by atoms with Crippen molar-refractivity contribution in [2.75, 3.05) is 6.61 Å². The van der Waals surface area contributed by atoms with Gasteiger partial charge in [0.15, 0.2) is 3.95 Å². The minimum atomic E-state index is -3.79. The van der Waals surface area contributed by atoms with Gasteiger partial charge in [0.2, 0.25) is 15.9 Å². The van der Waals surface area contributed by atoms with Crippen LogP contribution in [0.1, 0.15) is 23.4 Å². The standard InChI is InChI=1S/C21H21N3O5S3/c1-2-29-20(26)17(12-14-6-4-3-5-7-14)24-19(25)18(31-21(24)30)13-23-15-8-10-16(11-9-15)32(22,27)28/h3-11,13,17,25H,2,12H2,1H3,(H2,22,27,28)/t17-/m1/s1. The molecule has 0 aliphatic heterocycles. The molecule has 168 valence electrons. The van der Waals surface area contributed by atoms with Gasteiger partial charge in [0.05, 0.1) is 23.4 Å². The lowest BCUT2D eigenvalue weighted by Crippen LogP contribution is -2.24. The van der Waals surface area contributed by atoms with Crippen molar-refractivity contribution in [1.29, 1.82) is 0 Å². The van der Waals surface area contributed by atoms with Gasteiger partial charge in [-0.2, -0.15) is 0 Å². The molecule has 0 fully saturated rings. The molecule has 0 amide bonds. The molecule has 0 saturated carbocycles. The molecule has 0 unspecified atom stereocenters. The lowest BCUT2D eigenvalue weighted by Gasteiger charge is -2.18. The smallest absolute Gasteiger partial charge is 0.329 e. The van der Waals surface area contributed by atoms with Crippen LogP contribution < -0.4 is 5.14 Å². The van der Waals surface area contributed by atoms with E-state index >= 15 is 0 Å². The summed E-state index contributed by atoms with van der Waals surface area (Å²) < 4.78 is 29.6. The number of thiazole rings is 1. The predicted molar refractivity (Wildman–Crippen MR) is 126 cm³/mol. The molecule has 0 aliphatic carbocycles. The number of hydrogen-bond donors (Lipinski definition) is 2. The van der Waals surface area contributed by atoms with Crippen LogP contribution >= 0.6 is 23.6 Å². The fourth-order valence-electron chi connectivity index (χ4n) is 2.96. The van der Waals surface area contributed by atoms with Crippen LogP contribution in [-0.4, -0.2) is 36.9 Å². The quantitative estimate of drug-likeness (QED) is 0.281. The average molecular weight is 492 g/mol. The highest BCUT2D eigenvalue weighted by molar-refractivity contribution is 7.89. The summed E-state index contributed by atoms with van der Waals surface area (Å²) in [4.78, 5) is 17.2. The third kappa shape index (κ3) is 5.68.